The lowest BCUT2D eigenvalue weighted by molar-refractivity contribution is 0.385. The molecular weight excluding hydrogens is 188 g/mol. The summed E-state index contributed by atoms with van der Waals surface area (Å²) >= 11 is 6.06. The van der Waals surface area contributed by atoms with Crippen LogP contribution in [0.25, 0.3) is 0 Å². The van der Waals surface area contributed by atoms with Gasteiger partial charge in [-0.1, -0.05) is 0 Å². The normalized spacial score (nSPS) is 18.8. The molecule has 0 spiro atoms. The lowest BCUT2D eigenvalue weighted by Gasteiger charge is -2.28. The van der Waals surface area contributed by atoms with Crippen LogP contribution < -0.4 is 9.47 Å². The van der Waals surface area contributed by atoms with Crippen molar-refractivity contribution in [2.24, 2.45) is 0 Å². The van der Waals surface area contributed by atoms with Crippen LogP contribution in [0.2, 0.25) is 0 Å². The van der Waals surface area contributed by atoms with E-state index in [1.807, 2.05) is 12.1 Å². The fraction of sp³-hybridized carbons (Fsp3) is 0.400. The zero-order valence-corrected chi connectivity index (χ0v) is 8.39. The number of hydrogen-bond donors (Lipinski definition) is 0. The van der Waals surface area contributed by atoms with E-state index in [4.69, 9.17) is 21.1 Å². The second-order valence-electron chi connectivity index (χ2n) is 3.03. The van der Waals surface area contributed by atoms with Crippen molar-refractivity contribution >= 4 is 11.6 Å². The van der Waals surface area contributed by atoms with E-state index in [9.17, 15) is 0 Å². The second kappa shape index (κ2) is 3.11. The van der Waals surface area contributed by atoms with Crippen molar-refractivity contribution in [3.05, 3.63) is 23.3 Å². The van der Waals surface area contributed by atoms with Gasteiger partial charge in [0.2, 0.25) is 0 Å². The molecule has 0 N–H and O–H groups in total. The maximum absolute atomic E-state index is 6.06. The van der Waals surface area contributed by atoms with Gasteiger partial charge in [0.25, 0.3) is 0 Å². The first-order valence-electron chi connectivity index (χ1n) is 4.15. The van der Waals surface area contributed by atoms with Gasteiger partial charge >= 0.3 is 0 Å². The number of halogens is 1. The molecule has 0 fully saturated rings. The fourth-order valence-electron chi connectivity index (χ4n) is 1.70. The van der Waals surface area contributed by atoms with E-state index in [1.165, 1.54) is 5.56 Å². The quantitative estimate of drug-likeness (QED) is 0.680. The van der Waals surface area contributed by atoms with Crippen molar-refractivity contribution in [3.8, 4) is 11.5 Å². The van der Waals surface area contributed by atoms with E-state index in [0.29, 0.717) is 0 Å². The van der Waals surface area contributed by atoms with Crippen molar-refractivity contribution in [3.63, 3.8) is 0 Å². The molecule has 0 bridgehead atoms. The maximum atomic E-state index is 6.06. The molecule has 1 aromatic rings. The molecule has 1 aliphatic carbocycles. The summed E-state index contributed by atoms with van der Waals surface area (Å²) in [7, 11) is 3.33. The minimum Gasteiger partial charge on any atom is -0.496 e. The molecule has 1 aromatic carbocycles. The van der Waals surface area contributed by atoms with Crippen LogP contribution in [0.4, 0.5) is 0 Å². The minimum atomic E-state index is 0.0834. The predicted molar refractivity (Wildman–Crippen MR) is 51.8 cm³/mol. The molecule has 3 heteroatoms. The van der Waals surface area contributed by atoms with Gasteiger partial charge in [-0.3, -0.25) is 0 Å². The average Bonchev–Trinajstić information content (AvgIpc) is 2.15. The number of rotatable bonds is 2. The van der Waals surface area contributed by atoms with Crippen LogP contribution in [0.5, 0.6) is 11.5 Å². The van der Waals surface area contributed by atoms with Crippen molar-refractivity contribution in [2.45, 2.75) is 11.8 Å². The van der Waals surface area contributed by atoms with E-state index in [2.05, 4.69) is 0 Å². The Bertz CT molecular complexity index is 336. The highest BCUT2D eigenvalue weighted by atomic mass is 35.5. The topological polar surface area (TPSA) is 18.5 Å². The first kappa shape index (κ1) is 8.70. The Morgan fingerprint density at radius 1 is 1.23 bits per heavy atom. The van der Waals surface area contributed by atoms with E-state index >= 15 is 0 Å². The van der Waals surface area contributed by atoms with Crippen LogP contribution >= 0.6 is 11.6 Å². The van der Waals surface area contributed by atoms with Crippen molar-refractivity contribution in [1.82, 2.24) is 0 Å². The molecule has 0 heterocycles. The van der Waals surface area contributed by atoms with E-state index in [0.717, 1.165) is 23.5 Å². The average molecular weight is 199 g/mol. The lowest BCUT2D eigenvalue weighted by Crippen LogP contribution is -2.15. The molecule has 0 aliphatic heterocycles. The number of ether oxygens (including phenoxy) is 2. The van der Waals surface area contributed by atoms with Gasteiger partial charge < -0.3 is 9.47 Å². The Labute approximate surface area is 82.4 Å². The van der Waals surface area contributed by atoms with Crippen molar-refractivity contribution < 1.29 is 9.47 Å². The molecule has 0 amide bonds. The molecule has 1 aliphatic rings. The van der Waals surface area contributed by atoms with E-state index < -0.39 is 0 Å². The monoisotopic (exact) mass is 198 g/mol. The van der Waals surface area contributed by atoms with Gasteiger partial charge in [-0.05, 0) is 18.6 Å². The van der Waals surface area contributed by atoms with E-state index in [-0.39, 0.29) is 5.38 Å². The highest BCUT2D eigenvalue weighted by molar-refractivity contribution is 6.22. The van der Waals surface area contributed by atoms with Crippen LogP contribution in [0.15, 0.2) is 12.1 Å². The summed E-state index contributed by atoms with van der Waals surface area (Å²) in [5.41, 5.74) is 2.27. The highest BCUT2D eigenvalue weighted by Gasteiger charge is 2.31. The third kappa shape index (κ3) is 1.17. The third-order valence-corrected chi connectivity index (χ3v) is 2.78. The summed E-state index contributed by atoms with van der Waals surface area (Å²) in [4.78, 5) is 0. The van der Waals surface area contributed by atoms with Crippen molar-refractivity contribution in [2.75, 3.05) is 14.2 Å². The van der Waals surface area contributed by atoms with Crippen molar-refractivity contribution in [1.29, 1.82) is 0 Å². The second-order valence-corrected chi connectivity index (χ2v) is 3.56. The minimum absolute atomic E-state index is 0.0834. The maximum Gasteiger partial charge on any atom is 0.124 e. The van der Waals surface area contributed by atoms with Gasteiger partial charge in [-0.15, -0.1) is 11.6 Å². The lowest BCUT2D eigenvalue weighted by atomic mass is 9.86. The molecule has 0 radical (unpaired) electrons. The zero-order valence-electron chi connectivity index (χ0n) is 7.63. The van der Waals surface area contributed by atoms with Gasteiger partial charge in [-0.2, -0.15) is 0 Å². The molecule has 13 heavy (non-hydrogen) atoms. The summed E-state index contributed by atoms with van der Waals surface area (Å²) in [5.74, 6) is 1.77. The number of benzene rings is 1. The molecule has 1 unspecified atom stereocenters. The Kier molecular flexibility index (Phi) is 2.08. The third-order valence-electron chi connectivity index (χ3n) is 2.41. The Morgan fingerprint density at radius 3 is 2.38 bits per heavy atom. The van der Waals surface area contributed by atoms with Gasteiger partial charge in [0.1, 0.15) is 11.5 Å². The summed E-state index contributed by atoms with van der Waals surface area (Å²) in [6.45, 7) is 0. The predicted octanol–water partition coefficient (Wildman–Crippen LogP) is 2.54. The first-order valence-corrected chi connectivity index (χ1v) is 4.59. The van der Waals surface area contributed by atoms with Crippen LogP contribution in [0, 0.1) is 0 Å². The van der Waals surface area contributed by atoms with Gasteiger partial charge in [0.05, 0.1) is 19.6 Å². The number of hydrogen-bond acceptors (Lipinski definition) is 2. The van der Waals surface area contributed by atoms with Crippen LogP contribution in [-0.4, -0.2) is 14.2 Å². The molecule has 2 nitrogen and oxygen atoms in total. The summed E-state index contributed by atoms with van der Waals surface area (Å²) in [6.07, 6.45) is 0.872. The standard InChI is InChI=1S/C10H11ClO2/c1-12-8-3-4-9(13-2)10-6(8)5-7(10)11/h3-4,7H,5H2,1-2H3. The zero-order chi connectivity index (χ0) is 9.42. The SMILES string of the molecule is COc1ccc(OC)c2c1CC2Cl. The Morgan fingerprint density at radius 2 is 1.85 bits per heavy atom. The van der Waals surface area contributed by atoms with Crippen LogP contribution in [0.1, 0.15) is 16.5 Å². The molecule has 1 atom stereocenters. The molecule has 70 valence electrons. The Hall–Kier alpha value is -0.890. The summed E-state index contributed by atoms with van der Waals surface area (Å²) in [5, 5.41) is 0.0834. The highest BCUT2D eigenvalue weighted by Crippen LogP contribution is 2.48. The van der Waals surface area contributed by atoms with Crippen LogP contribution in [0.3, 0.4) is 0 Å². The number of alkyl halides is 1. The van der Waals surface area contributed by atoms with E-state index in [1.54, 1.807) is 14.2 Å². The largest absolute Gasteiger partial charge is 0.496 e. The molecule has 2 rings (SSSR count). The van der Waals surface area contributed by atoms with Gasteiger partial charge in [0, 0.05) is 11.1 Å². The Balaban J connectivity index is 2.51. The summed E-state index contributed by atoms with van der Waals surface area (Å²) < 4.78 is 10.4. The number of methoxy groups -OCH3 is 2. The van der Waals surface area contributed by atoms with Gasteiger partial charge in [0.15, 0.2) is 0 Å². The van der Waals surface area contributed by atoms with Crippen LogP contribution in [-0.2, 0) is 6.42 Å². The fourth-order valence-corrected chi connectivity index (χ4v) is 2.09. The molecular formula is C10H11ClO2. The summed E-state index contributed by atoms with van der Waals surface area (Å²) in [6, 6.07) is 3.81. The smallest absolute Gasteiger partial charge is 0.124 e. The number of fused-ring (bicyclic) bond motifs is 1. The first-order chi connectivity index (χ1) is 6.27. The molecule has 0 saturated heterocycles. The molecule has 0 aromatic heterocycles. The van der Waals surface area contributed by atoms with Gasteiger partial charge in [-0.25, -0.2) is 0 Å². The molecule has 0 saturated carbocycles.